The number of hydrogen-bond acceptors (Lipinski definition) is 4. The summed E-state index contributed by atoms with van der Waals surface area (Å²) in [6, 6.07) is 16.5. The van der Waals surface area contributed by atoms with E-state index in [9.17, 15) is 17.6 Å². The van der Waals surface area contributed by atoms with Gasteiger partial charge in [-0.25, -0.2) is 4.39 Å². The summed E-state index contributed by atoms with van der Waals surface area (Å²) in [5.74, 6) is -0.340. The van der Waals surface area contributed by atoms with Crippen molar-refractivity contribution < 1.29 is 25.2 Å². The van der Waals surface area contributed by atoms with Crippen LogP contribution in [0, 0.1) is 5.82 Å². The second-order valence-electron chi connectivity index (χ2n) is 8.04. The van der Waals surface area contributed by atoms with E-state index in [4.69, 9.17) is 4.74 Å². The number of halogens is 4. The fourth-order valence-electron chi connectivity index (χ4n) is 3.96. The van der Waals surface area contributed by atoms with Gasteiger partial charge in [0.1, 0.15) is 5.69 Å². The molecular formula is C27H33F4N3O. The molecule has 2 aromatic carbocycles. The van der Waals surface area contributed by atoms with E-state index in [0.29, 0.717) is 18.4 Å². The summed E-state index contributed by atoms with van der Waals surface area (Å²) >= 11 is 0. The van der Waals surface area contributed by atoms with Gasteiger partial charge in [0.15, 0.2) is 11.6 Å². The van der Waals surface area contributed by atoms with Gasteiger partial charge in [-0.05, 0) is 54.7 Å². The topological polar surface area (TPSA) is 46.2 Å². The van der Waals surface area contributed by atoms with Crippen molar-refractivity contribution in [1.82, 2.24) is 15.6 Å². The largest absolute Gasteiger partial charge is 0.494 e. The number of ether oxygens (including phenoxy) is 1. The predicted molar refractivity (Wildman–Crippen MR) is 133 cm³/mol. The van der Waals surface area contributed by atoms with Gasteiger partial charge >= 0.3 is 6.18 Å². The number of allylic oxidation sites excluding steroid dienone is 1. The van der Waals surface area contributed by atoms with Gasteiger partial charge in [0, 0.05) is 27.8 Å². The molecule has 4 nitrogen and oxygen atoms in total. The highest BCUT2D eigenvalue weighted by Gasteiger charge is 2.32. The zero-order chi connectivity index (χ0) is 25.4. The SMILES string of the molecule is C/C=C(\NC)[C@H](N[C@H](CCc1ccc(C(F)(F)F)nc1)c1ccc(F)c(OC)c1)c1ccccc1.[HH].[HH]. The summed E-state index contributed by atoms with van der Waals surface area (Å²) < 4.78 is 57.9. The van der Waals surface area contributed by atoms with E-state index in [1.807, 2.05) is 50.4 Å². The van der Waals surface area contributed by atoms with Gasteiger partial charge in [-0.1, -0.05) is 48.5 Å². The zero-order valence-electron chi connectivity index (χ0n) is 19.9. The first kappa shape index (κ1) is 26.2. The van der Waals surface area contributed by atoms with Crippen LogP contribution in [-0.2, 0) is 12.6 Å². The molecule has 2 atom stereocenters. The highest BCUT2D eigenvalue weighted by molar-refractivity contribution is 5.34. The normalized spacial score (nSPS) is 13.9. The fourth-order valence-corrected chi connectivity index (χ4v) is 3.96. The lowest BCUT2D eigenvalue weighted by Gasteiger charge is -2.29. The number of pyridine rings is 1. The molecule has 0 aliphatic carbocycles. The summed E-state index contributed by atoms with van der Waals surface area (Å²) in [6.07, 6.45) is -0.246. The third-order valence-corrected chi connectivity index (χ3v) is 5.83. The summed E-state index contributed by atoms with van der Waals surface area (Å²) in [7, 11) is 3.25. The molecule has 1 heterocycles. The second-order valence-corrected chi connectivity index (χ2v) is 8.04. The van der Waals surface area contributed by atoms with Gasteiger partial charge < -0.3 is 10.1 Å². The maximum absolute atomic E-state index is 14.1. The molecule has 0 saturated carbocycles. The van der Waals surface area contributed by atoms with Gasteiger partial charge in [-0.2, -0.15) is 13.2 Å². The third kappa shape index (κ3) is 6.82. The molecular weight excluding hydrogens is 458 g/mol. The van der Waals surface area contributed by atoms with E-state index in [-0.39, 0.29) is 20.7 Å². The minimum Gasteiger partial charge on any atom is -0.494 e. The van der Waals surface area contributed by atoms with Crippen LogP contribution in [0.25, 0.3) is 0 Å². The van der Waals surface area contributed by atoms with Crippen LogP contribution >= 0.6 is 0 Å². The van der Waals surface area contributed by atoms with Crippen molar-refractivity contribution in [3.8, 4) is 5.75 Å². The zero-order valence-corrected chi connectivity index (χ0v) is 19.9. The highest BCUT2D eigenvalue weighted by Crippen LogP contribution is 2.31. The fraction of sp³-hybridized carbons (Fsp3) is 0.296. The number of aryl methyl sites for hydroxylation is 1. The van der Waals surface area contributed by atoms with E-state index >= 15 is 0 Å². The van der Waals surface area contributed by atoms with Gasteiger partial charge in [-0.15, -0.1) is 0 Å². The number of alkyl halides is 3. The van der Waals surface area contributed by atoms with Crippen molar-refractivity contribution in [2.75, 3.05) is 14.2 Å². The number of benzene rings is 2. The van der Waals surface area contributed by atoms with E-state index in [2.05, 4.69) is 15.6 Å². The van der Waals surface area contributed by atoms with Gasteiger partial charge in [-0.3, -0.25) is 10.3 Å². The molecule has 0 aliphatic heterocycles. The number of hydrogen-bond donors (Lipinski definition) is 2. The van der Waals surface area contributed by atoms with Crippen LogP contribution in [0.15, 0.2) is 78.6 Å². The van der Waals surface area contributed by atoms with Crippen molar-refractivity contribution >= 4 is 0 Å². The molecule has 0 amide bonds. The maximum Gasteiger partial charge on any atom is 0.433 e. The Bertz CT molecular complexity index is 1130. The van der Waals surface area contributed by atoms with Crippen molar-refractivity contribution in [1.29, 1.82) is 0 Å². The maximum atomic E-state index is 14.1. The van der Waals surface area contributed by atoms with Crippen molar-refractivity contribution in [3.63, 3.8) is 0 Å². The Morgan fingerprint density at radius 2 is 1.83 bits per heavy atom. The van der Waals surface area contributed by atoms with Gasteiger partial charge in [0.2, 0.25) is 0 Å². The van der Waals surface area contributed by atoms with Crippen LogP contribution in [0.4, 0.5) is 17.6 Å². The second kappa shape index (κ2) is 11.8. The van der Waals surface area contributed by atoms with E-state index in [1.165, 1.54) is 25.4 Å². The van der Waals surface area contributed by atoms with E-state index in [1.54, 1.807) is 12.1 Å². The number of likely N-dealkylation sites (N-methyl/N-ethyl adjacent to an activating group) is 1. The quantitative estimate of drug-likeness (QED) is 0.304. The first-order chi connectivity index (χ1) is 16.8. The number of nitrogens with one attached hydrogen (secondary N) is 2. The summed E-state index contributed by atoms with van der Waals surface area (Å²) in [5, 5.41) is 6.89. The van der Waals surface area contributed by atoms with Crippen LogP contribution < -0.4 is 15.4 Å². The minimum absolute atomic E-state index is 0. The van der Waals surface area contributed by atoms with Gasteiger partial charge in [0.05, 0.1) is 13.2 Å². The molecule has 0 fully saturated rings. The lowest BCUT2D eigenvalue weighted by atomic mass is 9.95. The summed E-state index contributed by atoms with van der Waals surface area (Å²) in [5.41, 5.74) is 2.54. The van der Waals surface area contributed by atoms with Crippen LogP contribution in [0.1, 0.15) is 50.7 Å². The number of aromatic nitrogens is 1. The Balaban J connectivity index is 0.00000342. The first-order valence-electron chi connectivity index (χ1n) is 11.3. The van der Waals surface area contributed by atoms with Crippen LogP contribution in [0.3, 0.4) is 0 Å². The smallest absolute Gasteiger partial charge is 0.433 e. The molecule has 190 valence electrons. The molecule has 2 N–H and O–H groups in total. The standard InChI is InChI=1S/C27H29F4N3O.2H2/c1-4-22(32-2)26(19-8-6-5-7-9-19)34-23(20-12-13-21(28)24(16-20)35-3)14-10-18-11-15-25(33-17-18)27(29,30)31;;/h4-9,11-13,15-17,23,26,32,34H,10,14H2,1-3H3;2*1H/b22-4-;;/t23-,26-;;/m1../s1. The average Bonchev–Trinajstić information content (AvgIpc) is 2.86. The molecule has 0 bridgehead atoms. The van der Waals surface area contributed by atoms with Crippen LogP contribution in [0.2, 0.25) is 0 Å². The molecule has 3 aromatic rings. The van der Waals surface area contributed by atoms with Gasteiger partial charge in [0.25, 0.3) is 0 Å². The summed E-state index contributed by atoms with van der Waals surface area (Å²) in [6.45, 7) is 1.94. The molecule has 0 saturated heterocycles. The molecule has 3 rings (SSSR count). The molecule has 0 spiro atoms. The molecule has 0 aliphatic rings. The highest BCUT2D eigenvalue weighted by atomic mass is 19.4. The van der Waals surface area contributed by atoms with Crippen molar-refractivity contribution in [2.24, 2.45) is 0 Å². The molecule has 0 unspecified atom stereocenters. The summed E-state index contributed by atoms with van der Waals surface area (Å²) in [4.78, 5) is 3.57. The van der Waals surface area contributed by atoms with Crippen molar-refractivity contribution in [3.05, 3.63) is 107 Å². The Hall–Kier alpha value is -3.39. The van der Waals surface area contributed by atoms with Crippen molar-refractivity contribution in [2.45, 2.75) is 38.0 Å². The Kier molecular flexibility index (Phi) is 8.87. The molecule has 8 heteroatoms. The Morgan fingerprint density at radius 3 is 2.40 bits per heavy atom. The molecule has 1 aromatic heterocycles. The lowest BCUT2D eigenvalue weighted by Crippen LogP contribution is -2.32. The third-order valence-electron chi connectivity index (χ3n) is 5.83. The number of rotatable bonds is 10. The predicted octanol–water partition coefficient (Wildman–Crippen LogP) is 6.87. The Labute approximate surface area is 206 Å². The minimum atomic E-state index is -4.48. The number of nitrogens with zero attached hydrogens (tertiary/aromatic N) is 1. The van der Waals surface area contributed by atoms with E-state index in [0.717, 1.165) is 22.9 Å². The molecule has 0 radical (unpaired) electrons. The first-order valence-corrected chi connectivity index (χ1v) is 11.3. The number of methoxy groups -OCH3 is 1. The lowest BCUT2D eigenvalue weighted by molar-refractivity contribution is -0.141. The van der Waals surface area contributed by atoms with Crippen LogP contribution in [0.5, 0.6) is 5.75 Å². The molecule has 35 heavy (non-hydrogen) atoms. The van der Waals surface area contributed by atoms with E-state index < -0.39 is 17.7 Å². The average molecular weight is 492 g/mol. The van der Waals surface area contributed by atoms with Crippen LogP contribution in [-0.4, -0.2) is 19.1 Å². The monoisotopic (exact) mass is 491 g/mol. The Morgan fingerprint density at radius 1 is 1.09 bits per heavy atom.